The zero-order valence-electron chi connectivity index (χ0n) is 22.9. The zero-order valence-corrected chi connectivity index (χ0v) is 22.9. The van der Waals surface area contributed by atoms with E-state index in [1.54, 1.807) is 4.68 Å². The Bertz CT molecular complexity index is 1490. The van der Waals surface area contributed by atoms with Crippen LogP contribution in [0.1, 0.15) is 64.6 Å². The summed E-state index contributed by atoms with van der Waals surface area (Å²) in [6, 6.07) is 16.9. The van der Waals surface area contributed by atoms with Crippen molar-refractivity contribution >= 4 is 17.0 Å². The van der Waals surface area contributed by atoms with Gasteiger partial charge in [-0.25, -0.2) is 4.68 Å². The summed E-state index contributed by atoms with van der Waals surface area (Å²) in [7, 11) is 1.87. The third-order valence-electron chi connectivity index (χ3n) is 7.83. The molecule has 2 heterocycles. The minimum atomic E-state index is -0.821. The summed E-state index contributed by atoms with van der Waals surface area (Å²) < 4.78 is 8.13. The van der Waals surface area contributed by atoms with Crippen LogP contribution in [0, 0.1) is 20.8 Å². The van der Waals surface area contributed by atoms with Gasteiger partial charge in [0.1, 0.15) is 17.4 Å². The van der Waals surface area contributed by atoms with Crippen LogP contribution < -0.4 is 4.74 Å². The van der Waals surface area contributed by atoms with Crippen molar-refractivity contribution in [1.82, 2.24) is 19.9 Å². The SMILES string of the molecule is CC[C@@H]1CN(Cc2cc(C(CC(=O)O)c3ccc4c(nnn4C)c3C)ccc2C)Cc2ccc(C)cc2O1. The molecule has 0 saturated heterocycles. The van der Waals surface area contributed by atoms with Crippen molar-refractivity contribution in [2.24, 2.45) is 7.05 Å². The van der Waals surface area contributed by atoms with Gasteiger partial charge in [0.15, 0.2) is 0 Å². The quantitative estimate of drug-likeness (QED) is 0.344. The average Bonchev–Trinajstić information content (AvgIpc) is 3.17. The van der Waals surface area contributed by atoms with Crippen LogP contribution in [0.25, 0.3) is 11.0 Å². The van der Waals surface area contributed by atoms with Crippen LogP contribution in [0.3, 0.4) is 0 Å². The number of aliphatic carboxylic acids is 1. The van der Waals surface area contributed by atoms with Gasteiger partial charge < -0.3 is 9.84 Å². The number of ether oxygens (including phenoxy) is 1. The zero-order chi connectivity index (χ0) is 27.0. The lowest BCUT2D eigenvalue weighted by atomic mass is 9.84. The van der Waals surface area contributed by atoms with Gasteiger partial charge in [0.25, 0.3) is 0 Å². The normalized spacial score (nSPS) is 16.6. The molecule has 38 heavy (non-hydrogen) atoms. The van der Waals surface area contributed by atoms with Gasteiger partial charge in [0.05, 0.1) is 11.9 Å². The van der Waals surface area contributed by atoms with Gasteiger partial charge in [0.2, 0.25) is 0 Å². The number of aromatic nitrogens is 3. The van der Waals surface area contributed by atoms with Crippen molar-refractivity contribution in [1.29, 1.82) is 0 Å². The number of carboxylic acid groups (broad SMARTS) is 1. The lowest BCUT2D eigenvalue weighted by Gasteiger charge is -2.25. The molecule has 4 aromatic rings. The maximum Gasteiger partial charge on any atom is 0.304 e. The first-order valence-electron chi connectivity index (χ1n) is 13.3. The Kier molecular flexibility index (Phi) is 7.21. The fourth-order valence-electron chi connectivity index (χ4n) is 5.57. The molecule has 1 aromatic heterocycles. The number of carboxylic acids is 1. The van der Waals surface area contributed by atoms with E-state index in [1.807, 2.05) is 26.1 Å². The summed E-state index contributed by atoms with van der Waals surface area (Å²) in [5.41, 5.74) is 9.54. The van der Waals surface area contributed by atoms with E-state index in [9.17, 15) is 9.90 Å². The number of nitrogens with zero attached hydrogens (tertiary/aromatic N) is 4. The third-order valence-corrected chi connectivity index (χ3v) is 7.83. The monoisotopic (exact) mass is 512 g/mol. The highest BCUT2D eigenvalue weighted by molar-refractivity contribution is 5.80. The van der Waals surface area contributed by atoms with E-state index < -0.39 is 5.97 Å². The summed E-state index contributed by atoms with van der Waals surface area (Å²) in [6.45, 7) is 10.8. The largest absolute Gasteiger partial charge is 0.489 e. The average molecular weight is 513 g/mol. The van der Waals surface area contributed by atoms with Crippen LogP contribution in [0.4, 0.5) is 0 Å². The second-order valence-electron chi connectivity index (χ2n) is 10.6. The Hall–Kier alpha value is -3.71. The summed E-state index contributed by atoms with van der Waals surface area (Å²) in [6.07, 6.45) is 1.08. The van der Waals surface area contributed by atoms with Crippen molar-refractivity contribution in [3.05, 3.63) is 87.5 Å². The second-order valence-corrected chi connectivity index (χ2v) is 10.6. The van der Waals surface area contributed by atoms with Gasteiger partial charge in [-0.3, -0.25) is 9.69 Å². The fourth-order valence-corrected chi connectivity index (χ4v) is 5.57. The smallest absolute Gasteiger partial charge is 0.304 e. The molecule has 0 spiro atoms. The van der Waals surface area contributed by atoms with E-state index in [1.165, 1.54) is 22.3 Å². The van der Waals surface area contributed by atoms with Gasteiger partial charge in [-0.15, -0.1) is 5.10 Å². The van der Waals surface area contributed by atoms with Crippen molar-refractivity contribution in [2.75, 3.05) is 6.54 Å². The second kappa shape index (κ2) is 10.6. The van der Waals surface area contributed by atoms with Gasteiger partial charge in [-0.2, -0.15) is 0 Å². The Balaban J connectivity index is 1.49. The molecule has 0 amide bonds. The number of aryl methyl sites for hydroxylation is 4. The Labute approximate surface area is 224 Å². The maximum atomic E-state index is 12.0. The molecular weight excluding hydrogens is 476 g/mol. The Morgan fingerprint density at radius 3 is 2.71 bits per heavy atom. The molecule has 2 atom stereocenters. The number of rotatable bonds is 7. The molecule has 1 aliphatic heterocycles. The lowest BCUT2D eigenvalue weighted by Crippen LogP contribution is -2.32. The predicted octanol–water partition coefficient (Wildman–Crippen LogP) is 5.67. The minimum absolute atomic E-state index is 0.0112. The molecule has 3 aromatic carbocycles. The van der Waals surface area contributed by atoms with Crippen molar-refractivity contribution in [2.45, 2.75) is 65.6 Å². The number of hydrogen-bond donors (Lipinski definition) is 1. The van der Waals surface area contributed by atoms with Crippen LogP contribution in [-0.4, -0.2) is 43.6 Å². The van der Waals surface area contributed by atoms with Crippen LogP contribution in [0.15, 0.2) is 48.5 Å². The van der Waals surface area contributed by atoms with Crippen LogP contribution in [-0.2, 0) is 24.9 Å². The summed E-state index contributed by atoms with van der Waals surface area (Å²) in [4.78, 5) is 14.4. The summed E-state index contributed by atoms with van der Waals surface area (Å²) in [5, 5.41) is 18.3. The van der Waals surface area contributed by atoms with Crippen molar-refractivity contribution in [3.63, 3.8) is 0 Å². The van der Waals surface area contributed by atoms with Crippen LogP contribution >= 0.6 is 0 Å². The van der Waals surface area contributed by atoms with E-state index in [0.29, 0.717) is 0 Å². The van der Waals surface area contributed by atoms with Gasteiger partial charge >= 0.3 is 5.97 Å². The Morgan fingerprint density at radius 1 is 1.13 bits per heavy atom. The first-order valence-corrected chi connectivity index (χ1v) is 13.3. The number of benzene rings is 3. The van der Waals surface area contributed by atoms with Crippen LogP contribution in [0.5, 0.6) is 5.75 Å². The number of hydrogen-bond acceptors (Lipinski definition) is 5. The maximum absolute atomic E-state index is 12.0. The molecule has 7 nitrogen and oxygen atoms in total. The van der Waals surface area contributed by atoms with Gasteiger partial charge in [-0.05, 0) is 72.7 Å². The molecule has 1 N–H and O–H groups in total. The molecule has 198 valence electrons. The molecule has 0 bridgehead atoms. The Morgan fingerprint density at radius 2 is 1.95 bits per heavy atom. The van der Waals surface area contributed by atoms with Gasteiger partial charge in [0, 0.05) is 38.2 Å². The van der Waals surface area contributed by atoms with E-state index in [2.05, 4.69) is 72.4 Å². The van der Waals surface area contributed by atoms with E-state index in [-0.39, 0.29) is 18.4 Å². The molecule has 5 rings (SSSR count). The summed E-state index contributed by atoms with van der Waals surface area (Å²) >= 11 is 0. The molecule has 1 aliphatic rings. The molecule has 1 unspecified atom stereocenters. The fraction of sp³-hybridized carbons (Fsp3) is 0.387. The molecule has 0 saturated carbocycles. The van der Waals surface area contributed by atoms with E-state index >= 15 is 0 Å². The summed E-state index contributed by atoms with van der Waals surface area (Å²) in [5.74, 6) is -0.114. The molecular formula is C31H36N4O3. The highest BCUT2D eigenvalue weighted by atomic mass is 16.5. The first-order chi connectivity index (χ1) is 18.2. The number of carbonyl (C=O) groups is 1. The highest BCUT2D eigenvalue weighted by Crippen LogP contribution is 2.35. The number of fused-ring (bicyclic) bond motifs is 2. The minimum Gasteiger partial charge on any atom is -0.489 e. The molecule has 0 radical (unpaired) electrons. The molecule has 0 aliphatic carbocycles. The predicted molar refractivity (Wildman–Crippen MR) is 149 cm³/mol. The molecule has 7 heteroatoms. The molecule has 0 fully saturated rings. The van der Waals surface area contributed by atoms with Crippen molar-refractivity contribution < 1.29 is 14.6 Å². The standard InChI is InChI=1S/C31H36N4O3/c1-6-25-18-35(16-23-9-7-19(2)13-29(23)38-25)17-24-14-22(10-8-20(24)3)27(15-30(36)37)26-11-12-28-31(21(26)4)32-33-34(28)5/h7-14,25,27H,6,15-18H2,1-5H3,(H,36,37)/t25-,27?/m1/s1. The van der Waals surface area contributed by atoms with E-state index in [0.717, 1.165) is 59.5 Å². The third kappa shape index (κ3) is 5.16. The van der Waals surface area contributed by atoms with E-state index in [4.69, 9.17) is 4.74 Å². The van der Waals surface area contributed by atoms with Crippen LogP contribution in [0.2, 0.25) is 0 Å². The highest BCUT2D eigenvalue weighted by Gasteiger charge is 2.25. The van der Waals surface area contributed by atoms with Crippen molar-refractivity contribution in [3.8, 4) is 5.75 Å². The first kappa shape index (κ1) is 25.9. The van der Waals surface area contributed by atoms with Gasteiger partial charge in [-0.1, -0.05) is 48.5 Å². The lowest BCUT2D eigenvalue weighted by molar-refractivity contribution is -0.137. The topological polar surface area (TPSA) is 80.5 Å².